The Morgan fingerprint density at radius 1 is 0.389 bits per heavy atom. The topological polar surface area (TPSA) is 38.4 Å². The van der Waals surface area contributed by atoms with E-state index in [1.807, 2.05) is 26.0 Å². The normalized spacial score (nSPS) is 20.1. The highest BCUT2D eigenvalue weighted by Gasteiger charge is 2.24. The van der Waals surface area contributed by atoms with Gasteiger partial charge in [-0.05, 0) is 240 Å². The molecule has 0 unspecified atom stereocenters. The molecule has 2 saturated carbocycles. The fourth-order valence-electron chi connectivity index (χ4n) is 8.49. The van der Waals surface area contributed by atoms with E-state index in [2.05, 4.69) is 130 Å². The summed E-state index contributed by atoms with van der Waals surface area (Å²) in [5.74, 6) is 1.11. The van der Waals surface area contributed by atoms with E-state index in [-0.39, 0.29) is 112 Å². The first-order valence-corrected chi connectivity index (χ1v) is 26.8. The summed E-state index contributed by atoms with van der Waals surface area (Å²) in [7, 11) is 25.4. The molecule has 0 radical (unpaired) electrons. The van der Waals surface area contributed by atoms with Crippen LogP contribution in [0.3, 0.4) is 0 Å². The van der Waals surface area contributed by atoms with E-state index in [4.69, 9.17) is 4.74 Å². The molecule has 8 rings (SSSR count). The lowest BCUT2D eigenvalue weighted by atomic mass is 9.89. The van der Waals surface area contributed by atoms with Crippen molar-refractivity contribution in [3.05, 3.63) is 0 Å². The van der Waals surface area contributed by atoms with Crippen LogP contribution < -0.4 is 0 Å². The minimum atomic E-state index is 0. The largest absolute Gasteiger partial charge is 0.379 e. The van der Waals surface area contributed by atoms with Gasteiger partial charge >= 0.3 is 0 Å². The summed E-state index contributed by atoms with van der Waals surface area (Å²) in [6, 6.07) is 1.79. The predicted octanol–water partition coefficient (Wildman–Crippen LogP) is 12.9. The van der Waals surface area contributed by atoms with Crippen LogP contribution >= 0.6 is 112 Å². The molecule has 0 spiro atoms. The number of hydrogen-bond donors (Lipinski definition) is 0. The van der Waals surface area contributed by atoms with Gasteiger partial charge in [-0.15, -0.1) is 112 Å². The van der Waals surface area contributed by atoms with Crippen molar-refractivity contribution in [2.24, 2.45) is 5.92 Å². The molecule has 2 bridgehead atoms. The Labute approximate surface area is 507 Å². The quantitative estimate of drug-likeness (QED) is 0.246. The van der Waals surface area contributed by atoms with Gasteiger partial charge in [0.05, 0.1) is 13.2 Å². The van der Waals surface area contributed by atoms with Crippen molar-refractivity contribution in [1.29, 1.82) is 0 Å². The highest BCUT2D eigenvalue weighted by molar-refractivity contribution is 5.86. The second kappa shape index (κ2) is 71.2. The van der Waals surface area contributed by atoms with Gasteiger partial charge in [0.2, 0.25) is 0 Å². The van der Waals surface area contributed by atoms with Crippen LogP contribution in [0.4, 0.5) is 0 Å². The van der Waals surface area contributed by atoms with Crippen LogP contribution in [0.25, 0.3) is 0 Å². The lowest BCUT2D eigenvalue weighted by Gasteiger charge is -2.38. The summed E-state index contributed by atoms with van der Waals surface area (Å²) in [6.07, 6.45) is 27.3. The number of piperidine rings is 4. The predicted molar refractivity (Wildman–Crippen MR) is 348 cm³/mol. The number of likely N-dealkylation sites (tertiary alicyclic amines) is 2. The molecule has 10 nitrogen and oxygen atoms in total. The van der Waals surface area contributed by atoms with E-state index in [1.54, 1.807) is 0 Å². The summed E-state index contributed by atoms with van der Waals surface area (Å²) >= 11 is 0. The first kappa shape index (κ1) is 99.5. The SMILES string of the molecule is C1CN2CCC1CC2.CCCN(C)C.CCN(C)C1CCCCC1.CCN(C)CC.CN(C)C.CN(C)C1CCCCC1.CN1CCCC1.CN1CCCCC1.CN1CCOCC1.Cl.Cl.Cl.Cl.Cl.Cl.Cl.Cl.Cl. The van der Waals surface area contributed by atoms with Crippen LogP contribution in [0.1, 0.15) is 150 Å². The molecular weight excluding hydrogens is 1100 g/mol. The number of morpholine rings is 1. The average molecular weight is 1230 g/mol. The number of halogens is 9. The molecule has 0 N–H and O–H groups in total. The van der Waals surface area contributed by atoms with Crippen LogP contribution in [-0.2, 0) is 4.74 Å². The zero-order chi connectivity index (χ0) is 47.7. The van der Waals surface area contributed by atoms with Crippen molar-refractivity contribution in [2.45, 2.75) is 162 Å². The van der Waals surface area contributed by atoms with Crippen LogP contribution in [0.5, 0.6) is 0 Å². The molecule has 8 fully saturated rings. The van der Waals surface area contributed by atoms with E-state index >= 15 is 0 Å². The first-order chi connectivity index (χ1) is 30.1. The Balaban J connectivity index is -0.0000000642. The Bertz CT molecular complexity index is 867. The summed E-state index contributed by atoms with van der Waals surface area (Å²) < 4.78 is 5.10. The molecular formula is C53H128Cl9N9O. The maximum Gasteiger partial charge on any atom is 0.0594 e. The third kappa shape index (κ3) is 68.3. The van der Waals surface area contributed by atoms with Gasteiger partial charge in [-0.3, -0.25) is 0 Å². The first-order valence-electron chi connectivity index (χ1n) is 26.8. The number of nitrogens with zero attached hydrogens (tertiary/aromatic N) is 9. The van der Waals surface area contributed by atoms with E-state index in [0.29, 0.717) is 0 Å². The van der Waals surface area contributed by atoms with Gasteiger partial charge in [0, 0.05) is 25.2 Å². The minimum Gasteiger partial charge on any atom is -0.379 e. The third-order valence-corrected chi connectivity index (χ3v) is 13.5. The maximum absolute atomic E-state index is 5.10. The van der Waals surface area contributed by atoms with Crippen LogP contribution in [-0.4, -0.2) is 239 Å². The van der Waals surface area contributed by atoms with Gasteiger partial charge in [-0.1, -0.05) is 72.6 Å². The molecule has 6 heterocycles. The molecule has 0 amide bonds. The average Bonchev–Trinajstić information content (AvgIpc) is 3.79. The maximum atomic E-state index is 5.10. The Hall–Kier alpha value is 2.21. The fraction of sp³-hybridized carbons (Fsp3) is 1.00. The molecule has 72 heavy (non-hydrogen) atoms. The molecule has 0 aromatic carbocycles. The summed E-state index contributed by atoms with van der Waals surface area (Å²) in [4.78, 5) is 20.9. The summed E-state index contributed by atoms with van der Waals surface area (Å²) in [5, 5.41) is 0. The molecule has 8 aliphatic rings. The molecule has 454 valence electrons. The number of fused-ring (bicyclic) bond motifs is 3. The van der Waals surface area contributed by atoms with Crippen LogP contribution in [0.15, 0.2) is 0 Å². The smallest absolute Gasteiger partial charge is 0.0594 e. The summed E-state index contributed by atoms with van der Waals surface area (Å²) in [6.45, 7) is 27.0. The fourth-order valence-corrected chi connectivity index (χ4v) is 8.49. The minimum absolute atomic E-state index is 0. The van der Waals surface area contributed by atoms with Crippen molar-refractivity contribution in [3.8, 4) is 0 Å². The highest BCUT2D eigenvalue weighted by atomic mass is 35.5. The van der Waals surface area contributed by atoms with Crippen LogP contribution in [0, 0.1) is 5.92 Å². The number of likely N-dealkylation sites (N-methyl/N-ethyl adjacent to an activating group) is 1. The van der Waals surface area contributed by atoms with Crippen LogP contribution in [0.2, 0.25) is 0 Å². The highest BCUT2D eigenvalue weighted by Crippen LogP contribution is 2.26. The second-order valence-electron chi connectivity index (χ2n) is 20.6. The lowest BCUT2D eigenvalue weighted by molar-refractivity contribution is 0.0503. The van der Waals surface area contributed by atoms with E-state index in [9.17, 15) is 0 Å². The second-order valence-corrected chi connectivity index (χ2v) is 20.6. The van der Waals surface area contributed by atoms with E-state index in [1.165, 1.54) is 181 Å². The molecule has 0 aromatic rings. The van der Waals surface area contributed by atoms with Crippen molar-refractivity contribution >= 4 is 112 Å². The monoisotopic (exact) mass is 1220 g/mol. The third-order valence-electron chi connectivity index (χ3n) is 13.5. The standard InChI is InChI=1S/C9H19N.C8H17N.C7H13N.C6H13N.C5H11NO.C5H11N.2C5H13N.C3H9N.9ClH/c1-3-10(2)9-7-5-4-6-8-9;1-9(2)8-6-4-3-5-7-8;1-4-8-5-2-7(1)3-6-8;1-7-5-3-2-4-6-7;1-6-2-4-7-5-3-6;1-6-4-2-3-5-6;1-4-5-6(2)3;1-4-6(3)5-2;1-4(2)3;;;;;;;;;/h9H,3-8H2,1-2H3;8H,3-7H2,1-2H3;7H,1-6H2;2-6H2,1H3;2-5H2,1H3;2-5H2,1H3;2*4-5H2,1-3H3;1-3H3;9*1H. The lowest BCUT2D eigenvalue weighted by Crippen LogP contribution is -2.41. The molecule has 0 atom stereocenters. The van der Waals surface area contributed by atoms with Crippen molar-refractivity contribution < 1.29 is 4.74 Å². The Kier molecular flexibility index (Phi) is 98.5. The van der Waals surface area contributed by atoms with Gasteiger partial charge < -0.3 is 48.8 Å². The molecule has 6 aliphatic heterocycles. The van der Waals surface area contributed by atoms with Crippen molar-refractivity contribution in [2.75, 3.05) is 183 Å². The van der Waals surface area contributed by atoms with Gasteiger partial charge in [0.25, 0.3) is 0 Å². The van der Waals surface area contributed by atoms with Gasteiger partial charge in [-0.2, -0.15) is 0 Å². The van der Waals surface area contributed by atoms with Gasteiger partial charge in [-0.25, -0.2) is 0 Å². The number of rotatable bonds is 7. The molecule has 0 aromatic heterocycles. The number of ether oxygens (including phenoxy) is 1. The van der Waals surface area contributed by atoms with Gasteiger partial charge in [0.1, 0.15) is 0 Å². The Morgan fingerprint density at radius 2 is 0.708 bits per heavy atom. The zero-order valence-electron chi connectivity index (χ0n) is 49.9. The molecule has 2 aliphatic carbocycles. The number of hydrogen-bond acceptors (Lipinski definition) is 10. The Morgan fingerprint density at radius 3 is 0.861 bits per heavy atom. The van der Waals surface area contributed by atoms with E-state index < -0.39 is 0 Å². The molecule has 19 heteroatoms. The van der Waals surface area contributed by atoms with Gasteiger partial charge in [0.15, 0.2) is 0 Å². The van der Waals surface area contributed by atoms with E-state index in [0.717, 1.165) is 57.4 Å². The van der Waals surface area contributed by atoms with Crippen molar-refractivity contribution in [1.82, 2.24) is 44.1 Å². The molecule has 6 saturated heterocycles. The zero-order valence-corrected chi connectivity index (χ0v) is 57.2. The summed E-state index contributed by atoms with van der Waals surface area (Å²) in [5.41, 5.74) is 0. The van der Waals surface area contributed by atoms with Crippen molar-refractivity contribution in [3.63, 3.8) is 0 Å².